The summed E-state index contributed by atoms with van der Waals surface area (Å²) in [5, 5.41) is 12.9. The second-order valence-corrected chi connectivity index (χ2v) is 9.32. The number of rotatable bonds is 8. The van der Waals surface area contributed by atoms with Gasteiger partial charge in [-0.15, -0.1) is 0 Å². The molecule has 1 aliphatic heterocycles. The molecule has 0 bridgehead atoms. The lowest BCUT2D eigenvalue weighted by Crippen LogP contribution is -2.34. The lowest BCUT2D eigenvalue weighted by molar-refractivity contribution is 0.0911. The highest BCUT2D eigenvalue weighted by atomic mass is 19.2. The predicted octanol–water partition coefficient (Wildman–Crippen LogP) is 4.65. The van der Waals surface area contributed by atoms with Crippen molar-refractivity contribution in [1.82, 2.24) is 15.3 Å². The number of fused-ring (bicyclic) bond motifs is 1. The van der Waals surface area contributed by atoms with Crippen molar-refractivity contribution >= 4 is 17.4 Å². The number of pyridine rings is 2. The van der Waals surface area contributed by atoms with Crippen molar-refractivity contribution in [3.63, 3.8) is 0 Å². The molecule has 0 aliphatic carbocycles. The number of hydrogen-bond donors (Lipinski definition) is 2. The summed E-state index contributed by atoms with van der Waals surface area (Å²) in [5.41, 5.74) is 2.80. The van der Waals surface area contributed by atoms with Gasteiger partial charge < -0.3 is 15.3 Å². The summed E-state index contributed by atoms with van der Waals surface area (Å²) in [4.78, 5) is 23.2. The van der Waals surface area contributed by atoms with E-state index in [1.54, 1.807) is 42.9 Å². The van der Waals surface area contributed by atoms with Gasteiger partial charge >= 0.3 is 0 Å². The van der Waals surface area contributed by atoms with E-state index < -0.39 is 35.3 Å². The first-order valence-corrected chi connectivity index (χ1v) is 12.3. The van der Waals surface area contributed by atoms with Crippen LogP contribution >= 0.6 is 0 Å². The van der Waals surface area contributed by atoms with Gasteiger partial charge in [0, 0.05) is 43.8 Å². The van der Waals surface area contributed by atoms with Crippen molar-refractivity contribution in [2.24, 2.45) is 0 Å². The van der Waals surface area contributed by atoms with Crippen LogP contribution in [0.3, 0.4) is 0 Å². The molecule has 5 rings (SSSR count). The SMILES string of the molecule is O=C(NCC(O)Cc1cccnc1)c1c(F)ccc2c1CCN2c1cc(Cc2cc(F)c(F)c(F)c2)ccn1. The number of aromatic nitrogens is 2. The molecule has 0 radical (unpaired) electrons. The van der Waals surface area contributed by atoms with E-state index in [0.29, 0.717) is 35.6 Å². The highest BCUT2D eigenvalue weighted by molar-refractivity contribution is 5.98. The maximum Gasteiger partial charge on any atom is 0.254 e. The fraction of sp³-hybridized carbons (Fsp3) is 0.207. The van der Waals surface area contributed by atoms with E-state index in [9.17, 15) is 27.5 Å². The number of carbonyl (C=O) groups is 1. The Morgan fingerprint density at radius 1 is 0.974 bits per heavy atom. The van der Waals surface area contributed by atoms with Crippen LogP contribution in [0.15, 0.2) is 67.1 Å². The fourth-order valence-electron chi connectivity index (χ4n) is 4.77. The number of carbonyl (C=O) groups excluding carboxylic acids is 1. The van der Waals surface area contributed by atoms with Gasteiger partial charge in [-0.05, 0) is 77.6 Å². The van der Waals surface area contributed by atoms with E-state index >= 15 is 0 Å². The third-order valence-electron chi connectivity index (χ3n) is 6.57. The van der Waals surface area contributed by atoms with Crippen molar-refractivity contribution in [3.05, 3.63) is 118 Å². The van der Waals surface area contributed by atoms with Gasteiger partial charge in [0.2, 0.25) is 0 Å². The average molecular weight is 537 g/mol. The first-order chi connectivity index (χ1) is 18.8. The first-order valence-electron chi connectivity index (χ1n) is 12.3. The summed E-state index contributed by atoms with van der Waals surface area (Å²) in [6.45, 7) is 0.369. The second-order valence-electron chi connectivity index (χ2n) is 9.32. The topological polar surface area (TPSA) is 78.3 Å². The zero-order valence-corrected chi connectivity index (χ0v) is 20.7. The molecule has 2 aromatic carbocycles. The first kappa shape index (κ1) is 26.3. The Kier molecular flexibility index (Phi) is 7.56. The lowest BCUT2D eigenvalue weighted by Gasteiger charge is -2.20. The monoisotopic (exact) mass is 536 g/mol. The van der Waals surface area contributed by atoms with Crippen molar-refractivity contribution in [2.75, 3.05) is 18.0 Å². The van der Waals surface area contributed by atoms with E-state index in [0.717, 1.165) is 17.7 Å². The summed E-state index contributed by atoms with van der Waals surface area (Å²) in [6.07, 6.45) is 4.74. The minimum absolute atomic E-state index is 0.0608. The number of benzene rings is 2. The molecular weight excluding hydrogens is 512 g/mol. The largest absolute Gasteiger partial charge is 0.391 e. The van der Waals surface area contributed by atoms with E-state index in [-0.39, 0.29) is 30.5 Å². The summed E-state index contributed by atoms with van der Waals surface area (Å²) < 4.78 is 55.5. The minimum Gasteiger partial charge on any atom is -0.391 e. The molecule has 1 unspecified atom stereocenters. The van der Waals surface area contributed by atoms with Crippen LogP contribution in [0, 0.1) is 23.3 Å². The van der Waals surface area contributed by atoms with E-state index in [1.165, 1.54) is 6.07 Å². The Labute approximate surface area is 222 Å². The van der Waals surface area contributed by atoms with Crippen LogP contribution in [0.1, 0.15) is 32.6 Å². The Bertz CT molecular complexity index is 1490. The number of amides is 1. The van der Waals surface area contributed by atoms with Crippen LogP contribution in [0.5, 0.6) is 0 Å². The highest BCUT2D eigenvalue weighted by Crippen LogP contribution is 2.37. The van der Waals surface area contributed by atoms with Gasteiger partial charge in [-0.3, -0.25) is 9.78 Å². The third-order valence-corrected chi connectivity index (χ3v) is 6.57. The smallest absolute Gasteiger partial charge is 0.254 e. The zero-order chi connectivity index (χ0) is 27.5. The number of aliphatic hydroxyl groups is 1. The van der Waals surface area contributed by atoms with Crippen LogP contribution in [-0.2, 0) is 19.3 Å². The van der Waals surface area contributed by atoms with Crippen LogP contribution in [0.25, 0.3) is 0 Å². The van der Waals surface area contributed by atoms with Gasteiger partial charge in [0.05, 0.1) is 11.7 Å². The zero-order valence-electron chi connectivity index (χ0n) is 20.7. The summed E-state index contributed by atoms with van der Waals surface area (Å²) in [6, 6.07) is 11.7. The van der Waals surface area contributed by atoms with Crippen molar-refractivity contribution in [3.8, 4) is 0 Å². The van der Waals surface area contributed by atoms with Crippen molar-refractivity contribution in [2.45, 2.75) is 25.4 Å². The Morgan fingerprint density at radius 3 is 2.51 bits per heavy atom. The minimum atomic E-state index is -1.52. The molecule has 39 heavy (non-hydrogen) atoms. The Hall–Kier alpha value is -4.31. The predicted molar refractivity (Wildman–Crippen MR) is 137 cm³/mol. The molecule has 0 fully saturated rings. The number of nitrogens with one attached hydrogen (secondary N) is 1. The van der Waals surface area contributed by atoms with E-state index in [2.05, 4.69) is 15.3 Å². The number of halogens is 4. The number of aliphatic hydroxyl groups excluding tert-OH is 1. The van der Waals surface area contributed by atoms with Gasteiger partial charge in [-0.1, -0.05) is 6.07 Å². The molecule has 6 nitrogen and oxygen atoms in total. The average Bonchev–Trinajstić information content (AvgIpc) is 3.35. The molecular formula is C29H24F4N4O2. The number of nitrogens with zero attached hydrogens (tertiary/aromatic N) is 3. The molecule has 1 amide bonds. The molecule has 2 aromatic heterocycles. The summed E-state index contributed by atoms with van der Waals surface area (Å²) >= 11 is 0. The molecule has 4 aromatic rings. The maximum atomic E-state index is 14.8. The quantitative estimate of drug-likeness (QED) is 0.253. The highest BCUT2D eigenvalue weighted by Gasteiger charge is 2.29. The van der Waals surface area contributed by atoms with E-state index in [4.69, 9.17) is 0 Å². The maximum absolute atomic E-state index is 14.8. The number of hydrogen-bond acceptors (Lipinski definition) is 5. The van der Waals surface area contributed by atoms with Gasteiger partial charge in [0.15, 0.2) is 17.5 Å². The summed E-state index contributed by atoms with van der Waals surface area (Å²) in [5.74, 6) is -4.82. The standard InChI is InChI=1S/C29H24F4N4O2/c30-22-3-4-25-21(27(22)29(39)36-16-20(38)11-18-2-1-7-34-15-18)6-9-37(25)26-14-17(5-8-35-26)10-19-12-23(31)28(33)24(32)13-19/h1-5,7-8,12-15,20,38H,6,9-11,16H2,(H,36,39). The van der Waals surface area contributed by atoms with E-state index in [1.807, 2.05) is 11.0 Å². The molecule has 200 valence electrons. The third kappa shape index (κ3) is 5.75. The molecule has 0 spiro atoms. The fourth-order valence-corrected chi connectivity index (χ4v) is 4.77. The molecule has 10 heteroatoms. The molecule has 3 heterocycles. The molecule has 2 N–H and O–H groups in total. The molecule has 1 atom stereocenters. The lowest BCUT2D eigenvalue weighted by atomic mass is 10.0. The van der Waals surface area contributed by atoms with Gasteiger partial charge in [0.25, 0.3) is 5.91 Å². The normalized spacial score (nSPS) is 13.3. The van der Waals surface area contributed by atoms with Crippen molar-refractivity contribution in [1.29, 1.82) is 0 Å². The van der Waals surface area contributed by atoms with Crippen LogP contribution in [0.4, 0.5) is 29.1 Å². The van der Waals surface area contributed by atoms with Gasteiger partial charge in [-0.25, -0.2) is 22.5 Å². The Morgan fingerprint density at radius 2 is 1.77 bits per heavy atom. The summed E-state index contributed by atoms with van der Waals surface area (Å²) in [7, 11) is 0. The second kappa shape index (κ2) is 11.2. The van der Waals surface area contributed by atoms with Crippen molar-refractivity contribution < 1.29 is 27.5 Å². The van der Waals surface area contributed by atoms with Crippen LogP contribution < -0.4 is 10.2 Å². The molecule has 0 saturated carbocycles. The van der Waals surface area contributed by atoms with Crippen LogP contribution in [0.2, 0.25) is 0 Å². The number of anilines is 2. The van der Waals surface area contributed by atoms with Gasteiger partial charge in [0.1, 0.15) is 11.6 Å². The molecule has 0 saturated heterocycles. The van der Waals surface area contributed by atoms with Crippen LogP contribution in [-0.4, -0.2) is 40.2 Å². The Balaban J connectivity index is 1.32. The van der Waals surface area contributed by atoms with Gasteiger partial charge in [-0.2, -0.15) is 0 Å². The molecule has 1 aliphatic rings.